The Labute approximate surface area is 99.9 Å². The maximum Gasteiger partial charge on any atom is 0.213 e. The predicted octanol–water partition coefficient (Wildman–Crippen LogP) is 3.12. The molecule has 1 heterocycles. The monoisotopic (exact) mass is 233 g/mol. The summed E-state index contributed by atoms with van der Waals surface area (Å²) < 4.78 is 0.520. The fourth-order valence-corrected chi connectivity index (χ4v) is 1.86. The summed E-state index contributed by atoms with van der Waals surface area (Å²) in [5.41, 5.74) is 2.61. The molecule has 4 heteroatoms. The van der Waals surface area contributed by atoms with Crippen molar-refractivity contribution in [2.24, 2.45) is 0 Å². The fourth-order valence-electron chi connectivity index (χ4n) is 1.70. The Morgan fingerprint density at radius 3 is 2.50 bits per heavy atom. The van der Waals surface area contributed by atoms with Crippen molar-refractivity contribution in [3.05, 3.63) is 46.0 Å². The predicted molar refractivity (Wildman–Crippen MR) is 67.1 cm³/mol. The number of nitrogens with one attached hydrogen (secondary N) is 2. The molecule has 0 aliphatic rings. The maximum atomic E-state index is 4.92. The Morgan fingerprint density at radius 1 is 1.25 bits per heavy atom. The molecule has 0 bridgehead atoms. The molecular formula is C12H15N3S. The first-order chi connectivity index (χ1) is 7.65. The van der Waals surface area contributed by atoms with Crippen LogP contribution < -0.4 is 0 Å². The molecule has 0 fully saturated rings. The van der Waals surface area contributed by atoms with Gasteiger partial charge in [-0.05, 0) is 30.6 Å². The van der Waals surface area contributed by atoms with Gasteiger partial charge in [-0.15, -0.1) is 0 Å². The van der Waals surface area contributed by atoms with E-state index in [-0.39, 0.29) is 0 Å². The van der Waals surface area contributed by atoms with Crippen LogP contribution in [0.4, 0.5) is 0 Å². The Hall–Kier alpha value is -1.42. The summed E-state index contributed by atoms with van der Waals surface area (Å²) in [5.74, 6) is 1.35. The number of H-pyrrole nitrogens is 2. The van der Waals surface area contributed by atoms with Crippen LogP contribution in [0.2, 0.25) is 0 Å². The topological polar surface area (TPSA) is 44.5 Å². The fraction of sp³-hybridized carbons (Fsp3) is 0.333. The van der Waals surface area contributed by atoms with E-state index >= 15 is 0 Å². The lowest BCUT2D eigenvalue weighted by Crippen LogP contribution is -2.00. The van der Waals surface area contributed by atoms with Crippen LogP contribution in [0.15, 0.2) is 24.3 Å². The molecular weight excluding hydrogens is 218 g/mol. The highest BCUT2D eigenvalue weighted by molar-refractivity contribution is 7.71. The number of aromatic amines is 2. The van der Waals surface area contributed by atoms with E-state index in [0.717, 1.165) is 12.2 Å². The van der Waals surface area contributed by atoms with Gasteiger partial charge in [0.25, 0.3) is 0 Å². The van der Waals surface area contributed by atoms with Crippen molar-refractivity contribution in [3.8, 4) is 0 Å². The molecule has 1 aromatic heterocycles. The smallest absolute Gasteiger partial charge is 0.213 e. The molecule has 0 amide bonds. The molecule has 0 spiro atoms. The highest BCUT2D eigenvalue weighted by atomic mass is 32.1. The zero-order valence-electron chi connectivity index (χ0n) is 9.45. The SMILES string of the molecule is Cc1ccc(C(C)Cc2nc(=S)[nH][nH]2)cc1. The van der Waals surface area contributed by atoms with Crippen molar-refractivity contribution in [1.29, 1.82) is 0 Å². The van der Waals surface area contributed by atoms with Gasteiger partial charge in [-0.1, -0.05) is 36.8 Å². The first-order valence-electron chi connectivity index (χ1n) is 5.35. The van der Waals surface area contributed by atoms with Gasteiger partial charge in [-0.25, -0.2) is 4.98 Å². The Morgan fingerprint density at radius 2 is 1.94 bits per heavy atom. The highest BCUT2D eigenvalue weighted by Gasteiger charge is 2.08. The third-order valence-corrected chi connectivity index (χ3v) is 2.89. The lowest BCUT2D eigenvalue weighted by Gasteiger charge is -2.09. The van der Waals surface area contributed by atoms with Gasteiger partial charge in [0, 0.05) is 6.42 Å². The summed E-state index contributed by atoms with van der Waals surface area (Å²) in [7, 11) is 0. The minimum Gasteiger partial charge on any atom is -0.286 e. The van der Waals surface area contributed by atoms with Crippen molar-refractivity contribution in [2.75, 3.05) is 0 Å². The molecule has 84 valence electrons. The molecule has 2 N–H and O–H groups in total. The summed E-state index contributed by atoms with van der Waals surface area (Å²) in [6.45, 7) is 4.29. The van der Waals surface area contributed by atoms with Crippen molar-refractivity contribution >= 4 is 12.2 Å². The normalized spacial score (nSPS) is 12.6. The lowest BCUT2D eigenvalue weighted by molar-refractivity contribution is 0.720. The van der Waals surface area contributed by atoms with Crippen molar-refractivity contribution in [2.45, 2.75) is 26.2 Å². The van der Waals surface area contributed by atoms with Gasteiger partial charge in [-0.2, -0.15) is 0 Å². The van der Waals surface area contributed by atoms with Gasteiger partial charge in [-0.3, -0.25) is 10.2 Å². The van der Waals surface area contributed by atoms with E-state index in [0.29, 0.717) is 10.7 Å². The Kier molecular flexibility index (Phi) is 3.19. The quantitative estimate of drug-likeness (QED) is 0.800. The number of hydrogen-bond donors (Lipinski definition) is 2. The second-order valence-corrected chi connectivity index (χ2v) is 4.52. The van der Waals surface area contributed by atoms with Crippen molar-refractivity contribution in [3.63, 3.8) is 0 Å². The Balaban J connectivity index is 2.11. The van der Waals surface area contributed by atoms with E-state index in [9.17, 15) is 0 Å². The zero-order valence-corrected chi connectivity index (χ0v) is 10.3. The lowest BCUT2D eigenvalue weighted by atomic mass is 9.97. The molecule has 0 aliphatic carbocycles. The van der Waals surface area contributed by atoms with Gasteiger partial charge in [0.05, 0.1) is 0 Å². The van der Waals surface area contributed by atoms with E-state index in [2.05, 4.69) is 53.3 Å². The van der Waals surface area contributed by atoms with Crippen LogP contribution >= 0.6 is 12.2 Å². The molecule has 2 aromatic rings. The molecule has 0 radical (unpaired) electrons. The van der Waals surface area contributed by atoms with Gasteiger partial charge < -0.3 is 0 Å². The van der Waals surface area contributed by atoms with Crippen molar-refractivity contribution < 1.29 is 0 Å². The molecule has 1 unspecified atom stereocenters. The van der Waals surface area contributed by atoms with Crippen LogP contribution in [-0.2, 0) is 6.42 Å². The second-order valence-electron chi connectivity index (χ2n) is 4.13. The van der Waals surface area contributed by atoms with Gasteiger partial charge >= 0.3 is 0 Å². The minimum atomic E-state index is 0.439. The van der Waals surface area contributed by atoms with Gasteiger partial charge in [0.2, 0.25) is 4.77 Å². The molecule has 0 saturated carbocycles. The molecule has 0 saturated heterocycles. The Bertz CT molecular complexity index is 510. The van der Waals surface area contributed by atoms with Crippen LogP contribution in [0, 0.1) is 11.7 Å². The third kappa shape index (κ3) is 2.58. The van der Waals surface area contributed by atoms with E-state index in [4.69, 9.17) is 12.2 Å². The van der Waals surface area contributed by atoms with E-state index in [1.54, 1.807) is 0 Å². The molecule has 1 atom stereocenters. The van der Waals surface area contributed by atoms with Crippen LogP contribution in [0.25, 0.3) is 0 Å². The highest BCUT2D eigenvalue weighted by Crippen LogP contribution is 2.18. The summed E-state index contributed by atoms with van der Waals surface area (Å²) in [6, 6.07) is 8.61. The maximum absolute atomic E-state index is 4.92. The standard InChI is InChI=1S/C12H15N3S/c1-8-3-5-10(6-4-8)9(2)7-11-13-12(16)15-14-11/h3-6,9H,7H2,1-2H3,(H2,13,14,15,16). The summed E-state index contributed by atoms with van der Waals surface area (Å²) >= 11 is 4.92. The number of aromatic nitrogens is 3. The molecule has 3 nitrogen and oxygen atoms in total. The first kappa shape index (κ1) is 11.1. The number of benzene rings is 1. The zero-order chi connectivity index (χ0) is 11.5. The van der Waals surface area contributed by atoms with Crippen LogP contribution in [0.1, 0.15) is 29.8 Å². The number of rotatable bonds is 3. The third-order valence-electron chi connectivity index (χ3n) is 2.70. The minimum absolute atomic E-state index is 0.439. The summed E-state index contributed by atoms with van der Waals surface area (Å²) in [5, 5.41) is 5.79. The van der Waals surface area contributed by atoms with Gasteiger partial charge in [0.15, 0.2) is 0 Å². The van der Waals surface area contributed by atoms with E-state index in [1.807, 2.05) is 0 Å². The molecule has 2 rings (SSSR count). The van der Waals surface area contributed by atoms with Gasteiger partial charge in [0.1, 0.15) is 5.82 Å². The number of nitrogens with zero attached hydrogens (tertiary/aromatic N) is 1. The first-order valence-corrected chi connectivity index (χ1v) is 5.76. The molecule has 0 aliphatic heterocycles. The van der Waals surface area contributed by atoms with Crippen LogP contribution in [0.3, 0.4) is 0 Å². The summed E-state index contributed by atoms with van der Waals surface area (Å²) in [4.78, 5) is 4.20. The average molecular weight is 233 g/mol. The summed E-state index contributed by atoms with van der Waals surface area (Å²) in [6.07, 6.45) is 0.871. The largest absolute Gasteiger partial charge is 0.286 e. The van der Waals surface area contributed by atoms with Crippen LogP contribution in [-0.4, -0.2) is 15.2 Å². The number of aryl methyl sites for hydroxylation is 1. The molecule has 1 aromatic carbocycles. The number of hydrogen-bond acceptors (Lipinski definition) is 2. The van der Waals surface area contributed by atoms with E-state index < -0.39 is 0 Å². The van der Waals surface area contributed by atoms with Crippen LogP contribution in [0.5, 0.6) is 0 Å². The second kappa shape index (κ2) is 4.61. The average Bonchev–Trinajstić information content (AvgIpc) is 2.65. The van der Waals surface area contributed by atoms with E-state index in [1.165, 1.54) is 11.1 Å². The van der Waals surface area contributed by atoms with Crippen molar-refractivity contribution in [1.82, 2.24) is 15.2 Å². The molecule has 16 heavy (non-hydrogen) atoms.